The molecule has 1 saturated heterocycles. The summed E-state index contributed by atoms with van der Waals surface area (Å²) in [5.41, 5.74) is 0. The van der Waals surface area contributed by atoms with E-state index in [1.165, 1.54) is 11.8 Å². The first kappa shape index (κ1) is 17.8. The SMILES string of the molecule is CC1CN(C(=O)CSCCC(NC=O)C(=O)O)CC(C)O1. The van der Waals surface area contributed by atoms with E-state index in [0.717, 1.165) is 0 Å². The summed E-state index contributed by atoms with van der Waals surface area (Å²) in [5.74, 6) is -0.214. The van der Waals surface area contributed by atoms with Crippen LogP contribution in [0.1, 0.15) is 20.3 Å². The summed E-state index contributed by atoms with van der Waals surface area (Å²) in [4.78, 5) is 34.9. The molecule has 0 bridgehead atoms. The van der Waals surface area contributed by atoms with Crippen molar-refractivity contribution in [3.63, 3.8) is 0 Å². The summed E-state index contributed by atoms with van der Waals surface area (Å²) in [5, 5.41) is 11.1. The highest BCUT2D eigenvalue weighted by molar-refractivity contribution is 7.99. The fourth-order valence-electron chi connectivity index (χ4n) is 2.19. The summed E-state index contributed by atoms with van der Waals surface area (Å²) in [7, 11) is 0. The zero-order valence-corrected chi connectivity index (χ0v) is 13.1. The van der Waals surface area contributed by atoms with Crippen LogP contribution in [0.4, 0.5) is 0 Å². The summed E-state index contributed by atoms with van der Waals surface area (Å²) in [6.07, 6.45) is 0.749. The third-order valence-corrected chi connectivity index (χ3v) is 4.09. The second kappa shape index (κ2) is 8.89. The minimum atomic E-state index is -1.06. The molecule has 0 spiro atoms. The maximum atomic E-state index is 12.1. The lowest BCUT2D eigenvalue weighted by Crippen LogP contribution is -2.48. The molecule has 120 valence electrons. The van der Waals surface area contributed by atoms with Gasteiger partial charge < -0.3 is 20.1 Å². The van der Waals surface area contributed by atoms with Crippen molar-refractivity contribution in [2.45, 2.75) is 38.5 Å². The molecule has 1 heterocycles. The number of rotatable bonds is 8. The molecule has 1 aliphatic heterocycles. The van der Waals surface area contributed by atoms with E-state index in [1.54, 1.807) is 4.90 Å². The summed E-state index contributed by atoms with van der Waals surface area (Å²) >= 11 is 1.38. The van der Waals surface area contributed by atoms with Crippen LogP contribution < -0.4 is 5.32 Å². The molecular weight excluding hydrogens is 296 g/mol. The quantitative estimate of drug-likeness (QED) is 0.481. The Bertz CT molecular complexity index is 370. The van der Waals surface area contributed by atoms with Gasteiger partial charge in [-0.2, -0.15) is 11.8 Å². The number of amides is 2. The van der Waals surface area contributed by atoms with Crippen LogP contribution in [-0.2, 0) is 19.1 Å². The third-order valence-electron chi connectivity index (χ3n) is 3.12. The number of hydrogen-bond donors (Lipinski definition) is 2. The minimum Gasteiger partial charge on any atom is -0.480 e. The number of carbonyl (C=O) groups is 3. The largest absolute Gasteiger partial charge is 0.480 e. The number of thioether (sulfide) groups is 1. The topological polar surface area (TPSA) is 95.9 Å². The van der Waals surface area contributed by atoms with Gasteiger partial charge >= 0.3 is 5.97 Å². The Morgan fingerprint density at radius 2 is 2.05 bits per heavy atom. The van der Waals surface area contributed by atoms with Crippen LogP contribution in [0.3, 0.4) is 0 Å². The molecule has 2 N–H and O–H groups in total. The van der Waals surface area contributed by atoms with Gasteiger partial charge in [0.1, 0.15) is 6.04 Å². The van der Waals surface area contributed by atoms with Gasteiger partial charge in [0.05, 0.1) is 18.0 Å². The molecule has 0 aromatic rings. The van der Waals surface area contributed by atoms with Crippen LogP contribution in [-0.4, -0.2) is 71.1 Å². The van der Waals surface area contributed by atoms with E-state index in [1.807, 2.05) is 13.8 Å². The van der Waals surface area contributed by atoms with E-state index < -0.39 is 12.0 Å². The van der Waals surface area contributed by atoms with Gasteiger partial charge in [0.25, 0.3) is 0 Å². The molecule has 0 aromatic carbocycles. The fraction of sp³-hybridized carbons (Fsp3) is 0.769. The van der Waals surface area contributed by atoms with Crippen molar-refractivity contribution in [3.8, 4) is 0 Å². The Balaban J connectivity index is 2.26. The highest BCUT2D eigenvalue weighted by Crippen LogP contribution is 2.13. The Hall–Kier alpha value is -1.28. The second-order valence-corrected chi connectivity index (χ2v) is 6.18. The van der Waals surface area contributed by atoms with Gasteiger partial charge in [-0.3, -0.25) is 9.59 Å². The molecule has 0 radical (unpaired) electrons. The van der Waals surface area contributed by atoms with Gasteiger partial charge in [0.15, 0.2) is 0 Å². The standard InChI is InChI=1S/C13H22N2O5S/c1-9-5-15(6-10(2)20-9)12(17)7-21-4-3-11(13(18)19)14-8-16/h8-11H,3-7H2,1-2H3,(H,14,16)(H,18,19). The number of aliphatic carboxylic acids is 1. The van der Waals surface area contributed by atoms with Crippen LogP contribution in [0.15, 0.2) is 0 Å². The molecule has 8 heteroatoms. The highest BCUT2D eigenvalue weighted by Gasteiger charge is 2.25. The first-order valence-corrected chi connectivity index (χ1v) is 8.03. The Morgan fingerprint density at radius 1 is 1.43 bits per heavy atom. The monoisotopic (exact) mass is 318 g/mol. The molecule has 0 aliphatic carbocycles. The number of morpholine rings is 1. The number of hydrogen-bond acceptors (Lipinski definition) is 5. The van der Waals surface area contributed by atoms with Gasteiger partial charge in [-0.25, -0.2) is 4.79 Å². The normalized spacial score (nSPS) is 23.4. The Morgan fingerprint density at radius 3 is 2.57 bits per heavy atom. The van der Waals surface area contributed by atoms with Crippen molar-refractivity contribution < 1.29 is 24.2 Å². The summed E-state index contributed by atoms with van der Waals surface area (Å²) in [6.45, 7) is 5.06. The maximum Gasteiger partial charge on any atom is 0.326 e. The molecular formula is C13H22N2O5S. The van der Waals surface area contributed by atoms with Crippen LogP contribution in [0.25, 0.3) is 0 Å². The lowest BCUT2D eigenvalue weighted by atomic mass is 10.2. The minimum absolute atomic E-state index is 0.0379. The van der Waals surface area contributed by atoms with Crippen molar-refractivity contribution in [1.82, 2.24) is 10.2 Å². The van der Waals surface area contributed by atoms with Crippen LogP contribution in [0.2, 0.25) is 0 Å². The molecule has 1 rings (SSSR count). The smallest absolute Gasteiger partial charge is 0.326 e. The van der Waals surface area contributed by atoms with Crippen molar-refractivity contribution in [2.75, 3.05) is 24.6 Å². The van der Waals surface area contributed by atoms with Gasteiger partial charge in [0.2, 0.25) is 12.3 Å². The average molecular weight is 318 g/mol. The molecule has 7 nitrogen and oxygen atoms in total. The number of carboxylic acids is 1. The fourth-order valence-corrected chi connectivity index (χ4v) is 3.10. The molecule has 2 amide bonds. The van der Waals surface area contributed by atoms with Crippen LogP contribution in [0.5, 0.6) is 0 Å². The molecule has 0 aromatic heterocycles. The lowest BCUT2D eigenvalue weighted by molar-refractivity contribution is -0.140. The molecule has 3 unspecified atom stereocenters. The van der Waals surface area contributed by atoms with E-state index in [-0.39, 0.29) is 18.1 Å². The number of ether oxygens (including phenoxy) is 1. The first-order chi connectivity index (χ1) is 9.93. The van der Waals surface area contributed by atoms with E-state index in [2.05, 4.69) is 5.32 Å². The molecule has 21 heavy (non-hydrogen) atoms. The van der Waals surface area contributed by atoms with E-state index >= 15 is 0 Å². The van der Waals surface area contributed by atoms with E-state index in [0.29, 0.717) is 37.4 Å². The number of nitrogens with one attached hydrogen (secondary N) is 1. The zero-order valence-electron chi connectivity index (χ0n) is 12.3. The molecule has 1 aliphatic rings. The first-order valence-electron chi connectivity index (χ1n) is 6.87. The zero-order chi connectivity index (χ0) is 15.8. The second-order valence-electron chi connectivity index (χ2n) is 5.07. The summed E-state index contributed by atoms with van der Waals surface area (Å²) < 4.78 is 5.57. The number of nitrogens with zero attached hydrogens (tertiary/aromatic N) is 1. The van der Waals surface area contributed by atoms with E-state index in [4.69, 9.17) is 9.84 Å². The average Bonchev–Trinajstić information content (AvgIpc) is 2.40. The van der Waals surface area contributed by atoms with Gasteiger partial charge in [-0.05, 0) is 26.0 Å². The molecule has 1 fully saturated rings. The molecule has 3 atom stereocenters. The van der Waals surface area contributed by atoms with Crippen molar-refractivity contribution >= 4 is 30.0 Å². The molecule has 0 saturated carbocycles. The number of carboxylic acid groups (broad SMARTS) is 1. The van der Waals surface area contributed by atoms with Gasteiger partial charge in [-0.15, -0.1) is 0 Å². The van der Waals surface area contributed by atoms with Crippen molar-refractivity contribution in [1.29, 1.82) is 0 Å². The highest BCUT2D eigenvalue weighted by atomic mass is 32.2. The Labute approximate surface area is 128 Å². The summed E-state index contributed by atoms with van der Waals surface area (Å²) in [6, 6.07) is -0.895. The van der Waals surface area contributed by atoms with Crippen LogP contribution >= 0.6 is 11.8 Å². The third kappa shape index (κ3) is 6.34. The Kier molecular flexibility index (Phi) is 7.52. The van der Waals surface area contributed by atoms with E-state index in [9.17, 15) is 14.4 Å². The predicted molar refractivity (Wildman–Crippen MR) is 79.2 cm³/mol. The predicted octanol–water partition coefficient (Wildman–Crippen LogP) is -0.0553. The van der Waals surface area contributed by atoms with Gasteiger partial charge in [0, 0.05) is 13.1 Å². The maximum absolute atomic E-state index is 12.1. The van der Waals surface area contributed by atoms with Crippen LogP contribution in [0, 0.1) is 0 Å². The van der Waals surface area contributed by atoms with Crippen molar-refractivity contribution in [2.24, 2.45) is 0 Å². The number of carbonyl (C=O) groups excluding carboxylic acids is 2. The lowest BCUT2D eigenvalue weighted by Gasteiger charge is -2.35. The van der Waals surface area contributed by atoms with Crippen molar-refractivity contribution in [3.05, 3.63) is 0 Å². The van der Waals surface area contributed by atoms with Gasteiger partial charge in [-0.1, -0.05) is 0 Å².